The molecule has 0 saturated carbocycles. The van der Waals surface area contributed by atoms with Gasteiger partial charge in [0, 0.05) is 36.8 Å². The Kier molecular flexibility index (Phi) is 4.43. The minimum atomic E-state index is -0.184. The molecule has 2 aromatic heterocycles. The number of rotatable bonds is 5. The lowest BCUT2D eigenvalue weighted by Gasteiger charge is -2.02. The van der Waals surface area contributed by atoms with E-state index in [9.17, 15) is 4.79 Å². The van der Waals surface area contributed by atoms with Gasteiger partial charge < -0.3 is 10.3 Å². The minimum Gasteiger partial charge on any atom is -0.313 e. The molecule has 0 atom stereocenters. The van der Waals surface area contributed by atoms with Gasteiger partial charge in [0.2, 0.25) is 0 Å². The first-order valence-electron chi connectivity index (χ1n) is 5.52. The highest BCUT2D eigenvalue weighted by atomic mass is 32.2. The van der Waals surface area contributed by atoms with E-state index in [4.69, 9.17) is 0 Å². The molecule has 2 N–H and O–H groups in total. The van der Waals surface area contributed by atoms with Gasteiger partial charge in [-0.1, -0.05) is 6.92 Å². The quantitative estimate of drug-likeness (QED) is 0.777. The van der Waals surface area contributed by atoms with Gasteiger partial charge in [-0.15, -0.1) is 0 Å². The Morgan fingerprint density at radius 1 is 1.33 bits per heavy atom. The molecule has 0 aliphatic heterocycles. The SMILES string of the molecule is CCNCc1cnc(Sc2nccc(=O)[nH]2)nc1. The van der Waals surface area contributed by atoms with Gasteiger partial charge in [-0.3, -0.25) is 4.79 Å². The van der Waals surface area contributed by atoms with E-state index < -0.39 is 0 Å². The smallest absolute Gasteiger partial charge is 0.251 e. The highest BCUT2D eigenvalue weighted by molar-refractivity contribution is 7.99. The van der Waals surface area contributed by atoms with E-state index in [1.807, 2.05) is 6.92 Å². The predicted octanol–water partition coefficient (Wildman–Crippen LogP) is 0.821. The Morgan fingerprint density at radius 3 is 2.78 bits per heavy atom. The zero-order chi connectivity index (χ0) is 12.8. The summed E-state index contributed by atoms with van der Waals surface area (Å²) in [5.41, 5.74) is 0.840. The summed E-state index contributed by atoms with van der Waals surface area (Å²) in [5, 5.41) is 4.24. The van der Waals surface area contributed by atoms with Crippen molar-refractivity contribution in [3.63, 3.8) is 0 Å². The molecule has 0 fully saturated rings. The van der Waals surface area contributed by atoms with Crippen LogP contribution in [0.3, 0.4) is 0 Å². The van der Waals surface area contributed by atoms with Gasteiger partial charge in [-0.05, 0) is 18.3 Å². The number of nitrogens with one attached hydrogen (secondary N) is 2. The first kappa shape index (κ1) is 12.7. The third kappa shape index (κ3) is 3.64. The fourth-order valence-electron chi connectivity index (χ4n) is 1.25. The lowest BCUT2D eigenvalue weighted by atomic mass is 10.3. The molecule has 2 rings (SSSR count). The van der Waals surface area contributed by atoms with Crippen LogP contribution in [0, 0.1) is 0 Å². The van der Waals surface area contributed by atoms with Crippen LogP contribution in [0.4, 0.5) is 0 Å². The maximum Gasteiger partial charge on any atom is 0.251 e. The van der Waals surface area contributed by atoms with Crippen molar-refractivity contribution in [2.75, 3.05) is 6.54 Å². The van der Waals surface area contributed by atoms with Crippen LogP contribution in [0.25, 0.3) is 0 Å². The Bertz CT molecular complexity index is 554. The molecule has 2 heterocycles. The van der Waals surface area contributed by atoms with E-state index in [1.165, 1.54) is 24.0 Å². The van der Waals surface area contributed by atoms with Crippen molar-refractivity contribution < 1.29 is 0 Å². The van der Waals surface area contributed by atoms with Gasteiger partial charge in [0.05, 0.1) is 0 Å². The summed E-state index contributed by atoms with van der Waals surface area (Å²) in [4.78, 5) is 26.1. The third-order valence-electron chi connectivity index (χ3n) is 2.10. The molecule has 18 heavy (non-hydrogen) atoms. The monoisotopic (exact) mass is 263 g/mol. The average molecular weight is 263 g/mol. The van der Waals surface area contributed by atoms with Crippen LogP contribution in [0.2, 0.25) is 0 Å². The van der Waals surface area contributed by atoms with Crippen LogP contribution in [0.1, 0.15) is 12.5 Å². The fraction of sp³-hybridized carbons (Fsp3) is 0.273. The summed E-state index contributed by atoms with van der Waals surface area (Å²) >= 11 is 1.23. The Balaban J connectivity index is 2.04. The van der Waals surface area contributed by atoms with Crippen molar-refractivity contribution in [1.29, 1.82) is 0 Å². The van der Waals surface area contributed by atoms with Crippen molar-refractivity contribution in [2.45, 2.75) is 23.8 Å². The van der Waals surface area contributed by atoms with Gasteiger partial charge in [0.1, 0.15) is 0 Å². The molecule has 2 aromatic rings. The molecule has 0 aliphatic carbocycles. The molecule has 0 spiro atoms. The second kappa shape index (κ2) is 6.27. The summed E-state index contributed by atoms with van der Waals surface area (Å²) in [6, 6.07) is 1.37. The standard InChI is InChI=1S/C11H13N5OS/c1-2-12-5-8-6-14-10(15-7-8)18-11-13-4-3-9(17)16-11/h3-4,6-7,12H,2,5H2,1H3,(H,13,16,17). The van der Waals surface area contributed by atoms with Gasteiger partial charge in [0.25, 0.3) is 5.56 Å². The number of aromatic amines is 1. The zero-order valence-electron chi connectivity index (χ0n) is 9.88. The minimum absolute atomic E-state index is 0.184. The molecular weight excluding hydrogens is 250 g/mol. The molecular formula is C11H13N5OS. The van der Waals surface area contributed by atoms with Crippen LogP contribution >= 0.6 is 11.8 Å². The second-order valence-corrected chi connectivity index (χ2v) is 4.45. The van der Waals surface area contributed by atoms with Crippen molar-refractivity contribution in [2.24, 2.45) is 0 Å². The summed E-state index contributed by atoms with van der Waals surface area (Å²) < 4.78 is 0. The van der Waals surface area contributed by atoms with E-state index in [-0.39, 0.29) is 5.56 Å². The molecule has 0 unspecified atom stereocenters. The normalized spacial score (nSPS) is 10.5. The van der Waals surface area contributed by atoms with E-state index >= 15 is 0 Å². The number of hydrogen-bond acceptors (Lipinski definition) is 6. The maximum atomic E-state index is 11.1. The number of aromatic nitrogens is 4. The predicted molar refractivity (Wildman–Crippen MR) is 68.4 cm³/mol. The highest BCUT2D eigenvalue weighted by Crippen LogP contribution is 2.18. The van der Waals surface area contributed by atoms with E-state index in [1.54, 1.807) is 12.4 Å². The topological polar surface area (TPSA) is 83.6 Å². The first-order valence-corrected chi connectivity index (χ1v) is 6.34. The van der Waals surface area contributed by atoms with E-state index in [0.29, 0.717) is 10.3 Å². The van der Waals surface area contributed by atoms with Gasteiger partial charge in [-0.25, -0.2) is 15.0 Å². The summed E-state index contributed by atoms with van der Waals surface area (Å²) in [6.45, 7) is 3.70. The molecule has 0 aromatic carbocycles. The molecule has 0 amide bonds. The van der Waals surface area contributed by atoms with Crippen molar-refractivity contribution in [3.05, 3.63) is 40.6 Å². The van der Waals surface area contributed by atoms with Crippen molar-refractivity contribution in [1.82, 2.24) is 25.3 Å². The molecule has 6 nitrogen and oxygen atoms in total. The Hall–Kier alpha value is -1.73. The number of nitrogens with zero attached hydrogens (tertiary/aromatic N) is 3. The number of H-pyrrole nitrogens is 1. The molecule has 0 saturated heterocycles. The maximum absolute atomic E-state index is 11.1. The number of hydrogen-bond donors (Lipinski definition) is 2. The molecule has 0 aliphatic rings. The van der Waals surface area contributed by atoms with Gasteiger partial charge >= 0.3 is 0 Å². The first-order chi connectivity index (χ1) is 8.78. The van der Waals surface area contributed by atoms with E-state index in [0.717, 1.165) is 18.7 Å². The largest absolute Gasteiger partial charge is 0.313 e. The lowest BCUT2D eigenvalue weighted by Crippen LogP contribution is -2.12. The van der Waals surface area contributed by atoms with Gasteiger partial charge in [0.15, 0.2) is 10.3 Å². The lowest BCUT2D eigenvalue weighted by molar-refractivity contribution is 0.716. The fourth-order valence-corrected chi connectivity index (χ4v) is 1.90. The Labute approximate surface area is 108 Å². The molecule has 7 heteroatoms. The van der Waals surface area contributed by atoms with E-state index in [2.05, 4.69) is 25.3 Å². The second-order valence-electron chi connectivity index (χ2n) is 3.50. The summed E-state index contributed by atoms with van der Waals surface area (Å²) in [6.07, 6.45) is 4.98. The van der Waals surface area contributed by atoms with Crippen LogP contribution in [-0.4, -0.2) is 26.5 Å². The van der Waals surface area contributed by atoms with Crippen LogP contribution in [0.5, 0.6) is 0 Å². The molecule has 94 valence electrons. The van der Waals surface area contributed by atoms with Crippen molar-refractivity contribution >= 4 is 11.8 Å². The molecule has 0 bridgehead atoms. The highest BCUT2D eigenvalue weighted by Gasteiger charge is 2.02. The van der Waals surface area contributed by atoms with Crippen LogP contribution in [0.15, 0.2) is 39.8 Å². The van der Waals surface area contributed by atoms with Crippen LogP contribution in [-0.2, 0) is 6.54 Å². The van der Waals surface area contributed by atoms with Gasteiger partial charge in [-0.2, -0.15) is 0 Å². The van der Waals surface area contributed by atoms with Crippen LogP contribution < -0.4 is 10.9 Å². The average Bonchev–Trinajstić information content (AvgIpc) is 2.38. The third-order valence-corrected chi connectivity index (χ3v) is 2.89. The molecule has 0 radical (unpaired) electrons. The summed E-state index contributed by atoms with van der Waals surface area (Å²) in [5.74, 6) is 0. The Morgan fingerprint density at radius 2 is 2.11 bits per heavy atom. The van der Waals surface area contributed by atoms with Crippen molar-refractivity contribution in [3.8, 4) is 0 Å². The zero-order valence-corrected chi connectivity index (χ0v) is 10.7. The summed E-state index contributed by atoms with van der Waals surface area (Å²) in [7, 11) is 0.